The van der Waals surface area contributed by atoms with Crippen molar-refractivity contribution >= 4 is 29.7 Å². The molecule has 2 rings (SSSR count). The molecule has 1 N–H and O–H groups in total. The summed E-state index contributed by atoms with van der Waals surface area (Å²) in [5, 5.41) is 2.15. The molecule has 2 saturated heterocycles. The summed E-state index contributed by atoms with van der Waals surface area (Å²) < 4.78 is 0. The third-order valence-corrected chi connectivity index (χ3v) is 3.61. The van der Waals surface area contributed by atoms with Crippen LogP contribution in [-0.4, -0.2) is 76.6 Å². The van der Waals surface area contributed by atoms with Crippen molar-refractivity contribution in [3.63, 3.8) is 0 Å². The van der Waals surface area contributed by atoms with Crippen LogP contribution in [0.4, 0.5) is 4.79 Å². The molecule has 0 bridgehead atoms. The van der Waals surface area contributed by atoms with Crippen molar-refractivity contribution < 1.29 is 24.0 Å². The van der Waals surface area contributed by atoms with Gasteiger partial charge in [0.1, 0.15) is 25.2 Å². The normalized spacial score (nSPS) is 22.0. The minimum atomic E-state index is -1.22. The highest BCUT2D eigenvalue weighted by atomic mass is 16.2. The fourth-order valence-corrected chi connectivity index (χ4v) is 2.23. The van der Waals surface area contributed by atoms with Gasteiger partial charge in [-0.3, -0.25) is 29.4 Å². The van der Waals surface area contributed by atoms with E-state index in [2.05, 4.69) is 5.32 Å². The van der Waals surface area contributed by atoms with E-state index in [0.717, 1.165) is 9.80 Å². The van der Waals surface area contributed by atoms with E-state index >= 15 is 0 Å². The second-order valence-corrected chi connectivity index (χ2v) is 5.53. The summed E-state index contributed by atoms with van der Waals surface area (Å²) in [6.45, 7) is 2.13. The van der Waals surface area contributed by atoms with Gasteiger partial charge in [0.2, 0.25) is 11.8 Å². The molecule has 0 saturated carbocycles. The van der Waals surface area contributed by atoms with Crippen LogP contribution in [0.5, 0.6) is 0 Å². The Morgan fingerprint density at radius 2 is 1.81 bits per heavy atom. The first-order valence-corrected chi connectivity index (χ1v) is 6.35. The number of hydrogen-bond donors (Lipinski definition) is 1. The van der Waals surface area contributed by atoms with Gasteiger partial charge >= 0.3 is 6.03 Å². The van der Waals surface area contributed by atoms with Crippen LogP contribution in [0, 0.1) is 0 Å². The molecule has 6 amide bonds. The summed E-state index contributed by atoms with van der Waals surface area (Å²) in [7, 11) is 1.45. The van der Waals surface area contributed by atoms with E-state index in [1.165, 1.54) is 25.8 Å². The van der Waals surface area contributed by atoms with Crippen LogP contribution in [0.25, 0.3) is 0 Å². The highest BCUT2D eigenvalue weighted by Crippen LogP contribution is 2.19. The van der Waals surface area contributed by atoms with Gasteiger partial charge in [0.05, 0.1) is 0 Å². The summed E-state index contributed by atoms with van der Waals surface area (Å²) in [6.07, 6.45) is 0. The van der Waals surface area contributed by atoms with Crippen LogP contribution in [0.1, 0.15) is 13.8 Å². The molecule has 21 heavy (non-hydrogen) atoms. The van der Waals surface area contributed by atoms with E-state index in [4.69, 9.17) is 0 Å². The minimum absolute atomic E-state index is 0.0884. The van der Waals surface area contributed by atoms with Crippen molar-refractivity contribution in [1.82, 2.24) is 20.0 Å². The van der Waals surface area contributed by atoms with Crippen LogP contribution in [0.2, 0.25) is 0 Å². The highest BCUT2D eigenvalue weighted by Gasteiger charge is 2.45. The number of carbonyl (C=O) groups is 5. The van der Waals surface area contributed by atoms with Gasteiger partial charge in [0.25, 0.3) is 11.8 Å². The average Bonchev–Trinajstić information content (AvgIpc) is 2.60. The number of piperazine rings is 1. The molecule has 0 spiro atoms. The molecule has 114 valence electrons. The number of urea groups is 1. The van der Waals surface area contributed by atoms with Crippen molar-refractivity contribution in [2.24, 2.45) is 0 Å². The van der Waals surface area contributed by atoms with Gasteiger partial charge in [-0.25, -0.2) is 4.79 Å². The molecule has 9 nitrogen and oxygen atoms in total. The minimum Gasteiger partial charge on any atom is -0.318 e. The van der Waals surface area contributed by atoms with Crippen molar-refractivity contribution in [3.05, 3.63) is 0 Å². The molecule has 0 aromatic carbocycles. The first-order chi connectivity index (χ1) is 9.64. The Kier molecular flexibility index (Phi) is 3.44. The quantitative estimate of drug-likeness (QED) is 0.475. The number of amides is 6. The average molecular weight is 296 g/mol. The van der Waals surface area contributed by atoms with E-state index in [0.29, 0.717) is 0 Å². The lowest BCUT2D eigenvalue weighted by molar-refractivity contribution is -0.156. The molecule has 0 aromatic heterocycles. The lowest BCUT2D eigenvalue weighted by Gasteiger charge is -2.40. The van der Waals surface area contributed by atoms with E-state index in [-0.39, 0.29) is 13.1 Å². The Labute approximate surface area is 120 Å². The first-order valence-electron chi connectivity index (χ1n) is 6.35. The predicted octanol–water partition coefficient (Wildman–Crippen LogP) is -1.86. The molecule has 0 radical (unpaired) electrons. The summed E-state index contributed by atoms with van der Waals surface area (Å²) in [5.74, 6) is -2.30. The fraction of sp³-hybridized carbons (Fsp3) is 0.583. The summed E-state index contributed by atoms with van der Waals surface area (Å²) >= 11 is 0. The largest absolute Gasteiger partial charge is 0.327 e. The third kappa shape index (κ3) is 2.46. The number of imide groups is 2. The maximum Gasteiger partial charge on any atom is 0.327 e. The topological polar surface area (TPSA) is 107 Å². The molecule has 0 atom stereocenters. The maximum atomic E-state index is 12.3. The zero-order chi connectivity index (χ0) is 15.9. The first kappa shape index (κ1) is 14.9. The van der Waals surface area contributed by atoms with Crippen LogP contribution in [0.15, 0.2) is 0 Å². The third-order valence-electron chi connectivity index (χ3n) is 3.61. The zero-order valence-electron chi connectivity index (χ0n) is 12.0. The van der Waals surface area contributed by atoms with E-state index in [1.807, 2.05) is 0 Å². The van der Waals surface area contributed by atoms with Gasteiger partial charge in [-0.05, 0) is 13.8 Å². The zero-order valence-corrected chi connectivity index (χ0v) is 12.0. The molecule has 0 unspecified atom stereocenters. The molecule has 0 aliphatic carbocycles. The van der Waals surface area contributed by atoms with Gasteiger partial charge in [-0.2, -0.15) is 0 Å². The molecule has 9 heteroatoms. The number of hydrogen-bond acceptors (Lipinski definition) is 5. The van der Waals surface area contributed by atoms with Gasteiger partial charge in [0, 0.05) is 7.05 Å². The summed E-state index contributed by atoms with van der Waals surface area (Å²) in [4.78, 5) is 61.9. The Hall–Kier alpha value is -2.45. The lowest BCUT2D eigenvalue weighted by atomic mass is 9.98. The van der Waals surface area contributed by atoms with Crippen LogP contribution < -0.4 is 5.32 Å². The molecule has 2 heterocycles. The maximum absolute atomic E-state index is 12.3. The van der Waals surface area contributed by atoms with Gasteiger partial charge in [-0.15, -0.1) is 0 Å². The molecule has 2 aliphatic heterocycles. The monoisotopic (exact) mass is 296 g/mol. The SMILES string of the molecule is CN1CC(=O)N(CC(=O)N2CC(=O)NC(=O)C2(C)C)C1=O. The van der Waals surface area contributed by atoms with Gasteiger partial charge < -0.3 is 9.80 Å². The Morgan fingerprint density at radius 1 is 1.19 bits per heavy atom. The molecular formula is C12H16N4O5. The predicted molar refractivity (Wildman–Crippen MR) is 68.7 cm³/mol. The second kappa shape index (κ2) is 4.83. The van der Waals surface area contributed by atoms with Crippen LogP contribution in [0.3, 0.4) is 0 Å². The molecule has 2 aliphatic rings. The fourth-order valence-electron chi connectivity index (χ4n) is 2.23. The van der Waals surface area contributed by atoms with Crippen molar-refractivity contribution in [3.8, 4) is 0 Å². The summed E-state index contributed by atoms with van der Waals surface area (Å²) in [6, 6.07) is -0.570. The Bertz CT molecular complexity index is 556. The van der Waals surface area contributed by atoms with E-state index in [1.54, 1.807) is 0 Å². The highest BCUT2D eigenvalue weighted by molar-refractivity contribution is 6.08. The van der Waals surface area contributed by atoms with Gasteiger partial charge in [0.15, 0.2) is 0 Å². The standard InChI is InChI=1S/C12H16N4O5/c1-12(2)10(20)13-7(17)4-16(12)9(19)6-15-8(18)5-14(3)11(15)21/h4-6H2,1-3H3,(H,13,17,20). The number of nitrogens with one attached hydrogen (secondary N) is 1. The van der Waals surface area contributed by atoms with Crippen LogP contribution in [-0.2, 0) is 19.2 Å². The molecular weight excluding hydrogens is 280 g/mol. The Morgan fingerprint density at radius 3 is 2.33 bits per heavy atom. The number of rotatable bonds is 2. The van der Waals surface area contributed by atoms with Gasteiger partial charge in [-0.1, -0.05) is 0 Å². The number of nitrogens with zero attached hydrogens (tertiary/aromatic N) is 3. The smallest absolute Gasteiger partial charge is 0.318 e. The van der Waals surface area contributed by atoms with E-state index in [9.17, 15) is 24.0 Å². The molecule has 0 aromatic rings. The van der Waals surface area contributed by atoms with Crippen molar-refractivity contribution in [2.45, 2.75) is 19.4 Å². The second-order valence-electron chi connectivity index (χ2n) is 5.53. The lowest BCUT2D eigenvalue weighted by Crippen LogP contribution is -2.66. The molecule has 2 fully saturated rings. The summed E-state index contributed by atoms with van der Waals surface area (Å²) in [5.41, 5.74) is -1.22. The van der Waals surface area contributed by atoms with Crippen molar-refractivity contribution in [1.29, 1.82) is 0 Å². The number of likely N-dealkylation sites (N-methyl/N-ethyl adjacent to an activating group) is 1. The van der Waals surface area contributed by atoms with Crippen molar-refractivity contribution in [2.75, 3.05) is 26.7 Å². The Balaban J connectivity index is 2.16. The van der Waals surface area contributed by atoms with Crippen LogP contribution >= 0.6 is 0 Å². The number of carbonyl (C=O) groups excluding carboxylic acids is 5. The van der Waals surface area contributed by atoms with E-state index < -0.39 is 41.7 Å².